The molecule has 12 heteroatoms. The Morgan fingerprint density at radius 2 is 1.73 bits per heavy atom. The first-order chi connectivity index (χ1) is 18.8. The molecule has 1 aliphatic carbocycles. The van der Waals surface area contributed by atoms with Gasteiger partial charge in [-0.25, -0.2) is 4.98 Å². The van der Waals surface area contributed by atoms with Crippen LogP contribution in [-0.4, -0.2) is 85.3 Å². The van der Waals surface area contributed by atoms with Crippen molar-refractivity contribution in [3.05, 3.63) is 52.7 Å². The summed E-state index contributed by atoms with van der Waals surface area (Å²) in [5, 5.41) is 10.9. The van der Waals surface area contributed by atoms with Gasteiger partial charge in [-0.3, -0.25) is 9.59 Å². The van der Waals surface area contributed by atoms with Crippen molar-refractivity contribution in [3.8, 4) is 5.75 Å². The smallest absolute Gasteiger partial charge is 0.430 e. The maximum atomic E-state index is 14.1. The molecule has 0 bridgehead atoms. The van der Waals surface area contributed by atoms with E-state index in [0.717, 1.165) is 43.0 Å². The topological polar surface area (TPSA) is 86.2 Å². The van der Waals surface area contributed by atoms with Gasteiger partial charge < -0.3 is 24.5 Å². The minimum absolute atomic E-state index is 0.112. The zero-order chi connectivity index (χ0) is 29.4. The summed E-state index contributed by atoms with van der Waals surface area (Å²) >= 11 is 6.27. The van der Waals surface area contributed by atoms with Gasteiger partial charge in [0.15, 0.2) is 0 Å². The van der Waals surface area contributed by atoms with Crippen molar-refractivity contribution >= 4 is 29.2 Å². The van der Waals surface area contributed by atoms with Crippen molar-refractivity contribution in [3.63, 3.8) is 0 Å². The van der Waals surface area contributed by atoms with Gasteiger partial charge in [-0.1, -0.05) is 23.7 Å². The first-order valence-electron chi connectivity index (χ1n) is 13.1. The fraction of sp³-hybridized carbons (Fsp3) is 0.536. The van der Waals surface area contributed by atoms with Gasteiger partial charge in [0.2, 0.25) is 0 Å². The highest BCUT2D eigenvalue weighted by Crippen LogP contribution is 2.45. The number of methoxy groups -OCH3 is 1. The van der Waals surface area contributed by atoms with Gasteiger partial charge in [-0.2, -0.15) is 13.2 Å². The van der Waals surface area contributed by atoms with Crippen molar-refractivity contribution in [2.75, 3.05) is 46.2 Å². The van der Waals surface area contributed by atoms with E-state index in [2.05, 4.69) is 9.88 Å². The number of benzene rings is 1. The SMILES string of the molecule is COc1cccc(C(O)(C(=O)N(C)[C@H]2C[C@H](C3CCN(c4ccc(C(=O)N(C)C)c(Cl)n4)CC3)C2)C(F)(F)F)c1. The summed E-state index contributed by atoms with van der Waals surface area (Å²) < 4.78 is 47.3. The number of aromatic nitrogens is 1. The number of likely N-dealkylation sites (N-methyl/N-ethyl adjacent to an activating group) is 1. The van der Waals surface area contributed by atoms with Crippen LogP contribution in [0.1, 0.15) is 41.6 Å². The van der Waals surface area contributed by atoms with E-state index in [9.17, 15) is 27.9 Å². The molecule has 1 saturated heterocycles. The molecule has 2 heterocycles. The van der Waals surface area contributed by atoms with E-state index >= 15 is 0 Å². The molecule has 0 radical (unpaired) electrons. The lowest BCUT2D eigenvalue weighted by Gasteiger charge is -2.48. The van der Waals surface area contributed by atoms with Crippen LogP contribution in [0.2, 0.25) is 5.15 Å². The summed E-state index contributed by atoms with van der Waals surface area (Å²) in [4.78, 5) is 34.3. The summed E-state index contributed by atoms with van der Waals surface area (Å²) in [5.74, 6) is -0.176. The number of carbonyl (C=O) groups excluding carboxylic acids is 2. The number of ether oxygens (including phenoxy) is 1. The number of carbonyl (C=O) groups is 2. The molecule has 0 spiro atoms. The van der Waals surface area contributed by atoms with Crippen LogP contribution in [0.4, 0.5) is 19.0 Å². The Kier molecular flexibility index (Phi) is 8.56. The van der Waals surface area contributed by atoms with Gasteiger partial charge in [-0.05, 0) is 61.8 Å². The van der Waals surface area contributed by atoms with E-state index in [-0.39, 0.29) is 22.7 Å². The molecule has 1 aromatic heterocycles. The average Bonchev–Trinajstić information content (AvgIpc) is 2.90. The Labute approximate surface area is 236 Å². The lowest BCUT2D eigenvalue weighted by Crippen LogP contribution is -2.59. The number of hydrogen-bond acceptors (Lipinski definition) is 6. The summed E-state index contributed by atoms with van der Waals surface area (Å²) in [7, 11) is 5.91. The third kappa shape index (κ3) is 5.58. The molecule has 2 aliphatic rings. The summed E-state index contributed by atoms with van der Waals surface area (Å²) in [6.45, 7) is 1.46. The van der Waals surface area contributed by atoms with Crippen LogP contribution in [-0.2, 0) is 10.4 Å². The highest BCUT2D eigenvalue weighted by atomic mass is 35.5. The fourth-order valence-electron chi connectivity index (χ4n) is 5.61. The fourth-order valence-corrected chi connectivity index (χ4v) is 5.84. The van der Waals surface area contributed by atoms with Crippen molar-refractivity contribution in [2.45, 2.75) is 43.5 Å². The van der Waals surface area contributed by atoms with E-state index < -0.39 is 29.3 Å². The number of nitrogens with zero attached hydrogens (tertiary/aromatic N) is 4. The van der Waals surface area contributed by atoms with Gasteiger partial charge >= 0.3 is 6.18 Å². The van der Waals surface area contributed by atoms with Gasteiger partial charge in [-0.15, -0.1) is 0 Å². The number of anilines is 1. The Bertz CT molecular complexity index is 1250. The number of amides is 2. The van der Waals surface area contributed by atoms with E-state index in [4.69, 9.17) is 16.3 Å². The van der Waals surface area contributed by atoms with E-state index in [0.29, 0.717) is 30.1 Å². The maximum Gasteiger partial charge on any atom is 0.430 e. The second-order valence-corrected chi connectivity index (χ2v) is 11.1. The molecule has 2 aromatic rings. The molecular formula is C28H34ClF3N4O4. The monoisotopic (exact) mass is 582 g/mol. The number of rotatable bonds is 7. The van der Waals surface area contributed by atoms with Crippen LogP contribution in [0, 0.1) is 11.8 Å². The van der Waals surface area contributed by atoms with Crippen molar-refractivity contribution in [1.82, 2.24) is 14.8 Å². The zero-order valence-electron chi connectivity index (χ0n) is 22.9. The first kappa shape index (κ1) is 29.9. The molecule has 1 atom stereocenters. The zero-order valence-corrected chi connectivity index (χ0v) is 23.7. The van der Waals surface area contributed by atoms with E-state index in [1.807, 2.05) is 0 Å². The minimum atomic E-state index is -5.21. The van der Waals surface area contributed by atoms with Crippen LogP contribution >= 0.6 is 11.6 Å². The van der Waals surface area contributed by atoms with E-state index in [1.54, 1.807) is 26.2 Å². The lowest BCUT2D eigenvalue weighted by molar-refractivity contribution is -0.263. The van der Waals surface area contributed by atoms with Crippen LogP contribution < -0.4 is 9.64 Å². The number of hydrogen-bond donors (Lipinski definition) is 1. The molecular weight excluding hydrogens is 549 g/mol. The highest BCUT2D eigenvalue weighted by molar-refractivity contribution is 6.32. The van der Waals surface area contributed by atoms with Crippen molar-refractivity contribution in [2.24, 2.45) is 11.8 Å². The third-order valence-corrected chi connectivity index (χ3v) is 8.51. The molecule has 8 nitrogen and oxygen atoms in total. The molecule has 1 unspecified atom stereocenters. The minimum Gasteiger partial charge on any atom is -0.497 e. The number of aliphatic hydroxyl groups is 1. The number of pyridine rings is 1. The molecule has 2 fully saturated rings. The van der Waals surface area contributed by atoms with Gasteiger partial charge in [0.1, 0.15) is 16.7 Å². The van der Waals surface area contributed by atoms with Crippen LogP contribution in [0.25, 0.3) is 0 Å². The summed E-state index contributed by atoms with van der Waals surface area (Å²) in [6, 6.07) is 7.94. The largest absolute Gasteiger partial charge is 0.497 e. The molecule has 4 rings (SSSR count). The first-order valence-corrected chi connectivity index (χ1v) is 13.5. The molecule has 1 aliphatic heterocycles. The average molecular weight is 583 g/mol. The van der Waals surface area contributed by atoms with E-state index in [1.165, 1.54) is 31.2 Å². The normalized spacial score (nSPS) is 21.3. The highest BCUT2D eigenvalue weighted by Gasteiger charge is 2.62. The quantitative estimate of drug-likeness (QED) is 0.489. The van der Waals surface area contributed by atoms with Gasteiger partial charge in [0.05, 0.1) is 12.7 Å². The lowest BCUT2D eigenvalue weighted by atomic mass is 9.68. The van der Waals surface area contributed by atoms with Crippen molar-refractivity contribution < 1.29 is 32.6 Å². The second kappa shape index (κ2) is 11.4. The number of halogens is 4. The van der Waals surface area contributed by atoms with Gasteiger partial charge in [0.25, 0.3) is 17.4 Å². The summed E-state index contributed by atoms with van der Waals surface area (Å²) in [6.07, 6.45) is -2.34. The predicted octanol–water partition coefficient (Wildman–Crippen LogP) is 4.35. The van der Waals surface area contributed by atoms with Gasteiger partial charge in [0, 0.05) is 45.8 Å². The van der Waals surface area contributed by atoms with Crippen LogP contribution in [0.5, 0.6) is 5.75 Å². The molecule has 1 N–H and O–H groups in total. The number of alkyl halides is 3. The molecule has 218 valence electrons. The molecule has 1 aromatic carbocycles. The Balaban J connectivity index is 1.35. The predicted molar refractivity (Wildman–Crippen MR) is 144 cm³/mol. The molecule has 2 amide bonds. The standard InChI is InChI=1S/C28H34ClF3N4O4/c1-34(2)25(37)22-8-9-23(33-24(22)29)36-12-10-17(11-13-36)18-14-20(15-18)35(3)26(38)27(39,28(30,31)32)19-6-5-7-21(16-19)40-4/h5-9,16-18,20,39H,10-15H2,1-4H3/t18-,20-,27?. The van der Waals surface area contributed by atoms with Crippen molar-refractivity contribution in [1.29, 1.82) is 0 Å². The molecule has 1 saturated carbocycles. The Hall–Kier alpha value is -3.05. The Morgan fingerprint density at radius 3 is 2.27 bits per heavy atom. The summed E-state index contributed by atoms with van der Waals surface area (Å²) in [5.41, 5.74) is -3.91. The van der Waals surface area contributed by atoms with Crippen LogP contribution in [0.3, 0.4) is 0 Å². The van der Waals surface area contributed by atoms with Crippen LogP contribution in [0.15, 0.2) is 36.4 Å². The molecule has 40 heavy (non-hydrogen) atoms. The third-order valence-electron chi connectivity index (χ3n) is 8.23. The number of piperidine rings is 1. The maximum absolute atomic E-state index is 14.1. The second-order valence-electron chi connectivity index (χ2n) is 10.8. The Morgan fingerprint density at radius 1 is 1.07 bits per heavy atom.